The summed E-state index contributed by atoms with van der Waals surface area (Å²) in [5.74, 6) is 2.04. The summed E-state index contributed by atoms with van der Waals surface area (Å²) in [6, 6.07) is 5.68. The molecule has 7 nitrogen and oxygen atoms in total. The third-order valence-corrected chi connectivity index (χ3v) is 5.27. The second-order valence-electron chi connectivity index (χ2n) is 8.11. The molecule has 29 heavy (non-hydrogen) atoms. The van der Waals surface area contributed by atoms with Crippen LogP contribution in [-0.2, 0) is 12.8 Å². The molecule has 0 spiro atoms. The van der Waals surface area contributed by atoms with Gasteiger partial charge in [0.05, 0.1) is 19.9 Å². The number of furan rings is 1. The first-order chi connectivity index (χ1) is 13.8. The summed E-state index contributed by atoms with van der Waals surface area (Å²) in [5.41, 5.74) is 2.99. The van der Waals surface area contributed by atoms with Gasteiger partial charge in [-0.1, -0.05) is 25.1 Å². The molecule has 1 aromatic carbocycles. The second kappa shape index (κ2) is 8.19. The maximum Gasteiger partial charge on any atom is 0.287 e. The van der Waals surface area contributed by atoms with Crippen molar-refractivity contribution in [3.05, 3.63) is 46.4 Å². The Balaban J connectivity index is 1.70. The highest BCUT2D eigenvalue weighted by atomic mass is 16.5. The van der Waals surface area contributed by atoms with E-state index >= 15 is 0 Å². The molecular formula is C22H28N2O5. The molecule has 156 valence electrons. The fraction of sp³-hybridized carbons (Fsp3) is 0.455. The topological polar surface area (TPSA) is 93.3 Å². The van der Waals surface area contributed by atoms with Crippen LogP contribution in [0.2, 0.25) is 0 Å². The Labute approximate surface area is 170 Å². The molecule has 1 heterocycles. The second-order valence-corrected chi connectivity index (χ2v) is 8.11. The first kappa shape index (κ1) is 20.8. The minimum atomic E-state index is -0.271. The first-order valence-electron chi connectivity index (χ1n) is 9.62. The number of amides is 1. The van der Waals surface area contributed by atoms with Crippen molar-refractivity contribution >= 4 is 11.6 Å². The lowest BCUT2D eigenvalue weighted by Crippen LogP contribution is -2.27. The number of nitrogens with zero attached hydrogens (tertiary/aromatic N) is 1. The molecule has 0 saturated carbocycles. The first-order valence-corrected chi connectivity index (χ1v) is 9.62. The molecule has 7 heteroatoms. The van der Waals surface area contributed by atoms with E-state index in [2.05, 4.69) is 24.3 Å². The number of methoxy groups -OCH3 is 2. The largest absolute Gasteiger partial charge is 0.493 e. The fourth-order valence-electron chi connectivity index (χ4n) is 3.85. The van der Waals surface area contributed by atoms with Gasteiger partial charge in [0.1, 0.15) is 5.76 Å². The summed E-state index contributed by atoms with van der Waals surface area (Å²) in [5, 5.41) is 15.8. The van der Waals surface area contributed by atoms with Crippen LogP contribution in [0.25, 0.3) is 0 Å². The third kappa shape index (κ3) is 4.23. The molecule has 1 aliphatic carbocycles. The molecule has 1 aromatic heterocycles. The lowest BCUT2D eigenvalue weighted by Gasteiger charge is -2.28. The van der Waals surface area contributed by atoms with E-state index in [1.165, 1.54) is 0 Å². The number of benzene rings is 1. The summed E-state index contributed by atoms with van der Waals surface area (Å²) < 4.78 is 16.5. The van der Waals surface area contributed by atoms with Crippen LogP contribution in [0.15, 0.2) is 27.8 Å². The molecule has 3 rings (SSSR count). The maximum atomic E-state index is 12.7. The molecular weight excluding hydrogens is 372 g/mol. The number of ether oxygens (including phenoxy) is 2. The standard InChI is InChI=1S/C22H28N2O5/c1-13-19-15(24-26)11-22(2,3)12-18(19)29-20(13)21(25)23-9-8-14-6-7-16(27-4)17(10-14)28-5/h6-7,10,26H,8-9,11-12H2,1-5H3,(H,23,25)/b24-15+. The van der Waals surface area contributed by atoms with Gasteiger partial charge < -0.3 is 24.4 Å². The summed E-state index contributed by atoms with van der Waals surface area (Å²) in [6.45, 7) is 6.45. The molecule has 2 aromatic rings. The van der Waals surface area contributed by atoms with Gasteiger partial charge in [-0.05, 0) is 42.9 Å². The van der Waals surface area contributed by atoms with E-state index in [9.17, 15) is 10.0 Å². The van der Waals surface area contributed by atoms with Gasteiger partial charge in [-0.15, -0.1) is 0 Å². The zero-order valence-electron chi connectivity index (χ0n) is 17.6. The normalized spacial score (nSPS) is 16.4. The number of rotatable bonds is 6. The van der Waals surface area contributed by atoms with Crippen LogP contribution in [0.1, 0.15) is 53.3 Å². The molecule has 0 atom stereocenters. The number of hydrogen-bond donors (Lipinski definition) is 2. The van der Waals surface area contributed by atoms with E-state index in [0.29, 0.717) is 54.3 Å². The van der Waals surface area contributed by atoms with Gasteiger partial charge in [0.15, 0.2) is 17.3 Å². The van der Waals surface area contributed by atoms with Gasteiger partial charge in [0.2, 0.25) is 0 Å². The van der Waals surface area contributed by atoms with Crippen molar-refractivity contribution in [1.29, 1.82) is 0 Å². The van der Waals surface area contributed by atoms with Crippen molar-refractivity contribution in [2.24, 2.45) is 10.6 Å². The number of hydrogen-bond acceptors (Lipinski definition) is 6. The summed E-state index contributed by atoms with van der Waals surface area (Å²) in [6.07, 6.45) is 1.97. The van der Waals surface area contributed by atoms with E-state index in [1.807, 2.05) is 25.1 Å². The smallest absolute Gasteiger partial charge is 0.287 e. The zero-order chi connectivity index (χ0) is 21.2. The molecule has 1 amide bonds. The van der Waals surface area contributed by atoms with Crippen molar-refractivity contribution in [1.82, 2.24) is 5.32 Å². The van der Waals surface area contributed by atoms with E-state index in [4.69, 9.17) is 13.9 Å². The summed E-state index contributed by atoms with van der Waals surface area (Å²) in [7, 11) is 3.19. The lowest BCUT2D eigenvalue weighted by molar-refractivity contribution is 0.0922. The van der Waals surface area contributed by atoms with Gasteiger partial charge >= 0.3 is 0 Å². The van der Waals surface area contributed by atoms with E-state index in [1.54, 1.807) is 14.2 Å². The van der Waals surface area contributed by atoms with Gasteiger partial charge in [0, 0.05) is 24.1 Å². The van der Waals surface area contributed by atoms with Crippen LogP contribution in [0.3, 0.4) is 0 Å². The predicted molar refractivity (Wildman–Crippen MR) is 109 cm³/mol. The fourth-order valence-corrected chi connectivity index (χ4v) is 3.85. The molecule has 0 saturated heterocycles. The number of carbonyl (C=O) groups excluding carboxylic acids is 1. The predicted octanol–water partition coefficient (Wildman–Crippen LogP) is 3.73. The maximum absolute atomic E-state index is 12.7. The van der Waals surface area contributed by atoms with Crippen molar-refractivity contribution in [3.63, 3.8) is 0 Å². The Morgan fingerprint density at radius 3 is 2.62 bits per heavy atom. The van der Waals surface area contributed by atoms with E-state index in [-0.39, 0.29) is 17.1 Å². The Morgan fingerprint density at radius 2 is 1.97 bits per heavy atom. The Morgan fingerprint density at radius 1 is 1.24 bits per heavy atom. The molecule has 0 unspecified atom stereocenters. The van der Waals surface area contributed by atoms with Gasteiger partial charge in [-0.2, -0.15) is 0 Å². The highest BCUT2D eigenvalue weighted by Crippen LogP contribution is 2.38. The molecule has 0 bridgehead atoms. The van der Waals surface area contributed by atoms with Gasteiger partial charge in [-0.3, -0.25) is 4.79 Å². The number of carbonyl (C=O) groups is 1. The van der Waals surface area contributed by atoms with Crippen molar-refractivity contribution in [2.75, 3.05) is 20.8 Å². The van der Waals surface area contributed by atoms with Gasteiger partial charge in [0.25, 0.3) is 5.91 Å². The average Bonchev–Trinajstić information content (AvgIpc) is 3.02. The highest BCUT2D eigenvalue weighted by molar-refractivity contribution is 6.06. The minimum absolute atomic E-state index is 0.0833. The van der Waals surface area contributed by atoms with Crippen LogP contribution in [-0.4, -0.2) is 37.6 Å². The summed E-state index contributed by atoms with van der Waals surface area (Å²) >= 11 is 0. The SMILES string of the molecule is COc1ccc(CCNC(=O)c2oc3c(c2C)/C(=N/O)CC(C)(C)C3)cc1OC. The third-order valence-electron chi connectivity index (χ3n) is 5.27. The molecule has 0 aliphatic heterocycles. The van der Waals surface area contributed by atoms with Crippen LogP contribution < -0.4 is 14.8 Å². The van der Waals surface area contributed by atoms with Gasteiger partial charge in [-0.25, -0.2) is 0 Å². The van der Waals surface area contributed by atoms with Crippen molar-refractivity contribution in [3.8, 4) is 11.5 Å². The summed E-state index contributed by atoms with van der Waals surface area (Å²) in [4.78, 5) is 12.7. The number of fused-ring (bicyclic) bond motifs is 1. The Bertz CT molecular complexity index is 943. The van der Waals surface area contributed by atoms with Crippen LogP contribution in [0.4, 0.5) is 0 Å². The van der Waals surface area contributed by atoms with Crippen LogP contribution >= 0.6 is 0 Å². The Kier molecular flexibility index (Phi) is 5.86. The Hall–Kier alpha value is -2.96. The molecule has 0 fully saturated rings. The van der Waals surface area contributed by atoms with E-state index in [0.717, 1.165) is 11.1 Å². The van der Waals surface area contributed by atoms with E-state index < -0.39 is 0 Å². The molecule has 2 N–H and O–H groups in total. The lowest BCUT2D eigenvalue weighted by atomic mass is 9.75. The molecule has 1 aliphatic rings. The highest BCUT2D eigenvalue weighted by Gasteiger charge is 2.36. The zero-order valence-corrected chi connectivity index (χ0v) is 17.6. The molecule has 0 radical (unpaired) electrons. The average molecular weight is 400 g/mol. The number of nitrogens with one attached hydrogen (secondary N) is 1. The number of oxime groups is 1. The van der Waals surface area contributed by atoms with Crippen LogP contribution in [0.5, 0.6) is 11.5 Å². The van der Waals surface area contributed by atoms with Crippen molar-refractivity contribution < 1.29 is 23.9 Å². The van der Waals surface area contributed by atoms with Crippen LogP contribution in [0, 0.1) is 12.3 Å². The quantitative estimate of drug-likeness (QED) is 0.569. The van der Waals surface area contributed by atoms with Crippen molar-refractivity contribution in [2.45, 2.75) is 40.0 Å². The minimum Gasteiger partial charge on any atom is -0.493 e. The monoisotopic (exact) mass is 400 g/mol.